The number of rotatable bonds is 6. The largest absolute Gasteiger partial charge is 0.367 e. The van der Waals surface area contributed by atoms with Crippen molar-refractivity contribution in [1.82, 2.24) is 20.2 Å². The van der Waals surface area contributed by atoms with Crippen molar-refractivity contribution < 1.29 is 4.79 Å². The minimum atomic E-state index is 0.239. The van der Waals surface area contributed by atoms with Crippen LogP contribution in [0.25, 0.3) is 22.2 Å². The lowest BCUT2D eigenvalue weighted by molar-refractivity contribution is -0.131. The van der Waals surface area contributed by atoms with Crippen LogP contribution in [0, 0.1) is 0 Å². The highest BCUT2D eigenvalue weighted by molar-refractivity contribution is 5.98. The summed E-state index contributed by atoms with van der Waals surface area (Å²) < 4.78 is 0. The van der Waals surface area contributed by atoms with E-state index in [-0.39, 0.29) is 5.91 Å². The molecule has 1 aromatic carbocycles. The van der Waals surface area contributed by atoms with E-state index < -0.39 is 0 Å². The third-order valence-corrected chi connectivity index (χ3v) is 5.48. The van der Waals surface area contributed by atoms with Gasteiger partial charge in [-0.3, -0.25) is 4.79 Å². The van der Waals surface area contributed by atoms with Gasteiger partial charge in [-0.15, -0.1) is 0 Å². The van der Waals surface area contributed by atoms with Gasteiger partial charge in [0.05, 0.1) is 5.69 Å². The van der Waals surface area contributed by atoms with Gasteiger partial charge in [-0.25, -0.2) is 4.98 Å². The van der Waals surface area contributed by atoms with E-state index in [9.17, 15) is 4.79 Å². The lowest BCUT2D eigenvalue weighted by Gasteiger charge is -2.37. The Kier molecular flexibility index (Phi) is 5.81. The van der Waals surface area contributed by atoms with Crippen LogP contribution in [0.2, 0.25) is 0 Å². The number of H-pyrrole nitrogens is 1. The van der Waals surface area contributed by atoms with Crippen molar-refractivity contribution in [1.29, 1.82) is 0 Å². The molecule has 1 aliphatic rings. The number of anilines is 1. The highest BCUT2D eigenvalue weighted by atomic mass is 16.2. The Morgan fingerprint density at radius 3 is 2.62 bits per heavy atom. The van der Waals surface area contributed by atoms with Crippen molar-refractivity contribution in [2.24, 2.45) is 0 Å². The fraction of sp³-hybridized carbons (Fsp3) is 0.391. The van der Waals surface area contributed by atoms with Gasteiger partial charge in [-0.05, 0) is 11.6 Å². The van der Waals surface area contributed by atoms with E-state index in [1.165, 1.54) is 5.69 Å². The van der Waals surface area contributed by atoms with Crippen molar-refractivity contribution in [2.75, 3.05) is 37.6 Å². The summed E-state index contributed by atoms with van der Waals surface area (Å²) in [5, 5.41) is 4.46. The summed E-state index contributed by atoms with van der Waals surface area (Å²) in [6, 6.07) is 12.9. The topological polar surface area (TPSA) is 64.3 Å². The van der Waals surface area contributed by atoms with Crippen LogP contribution in [-0.4, -0.2) is 59.5 Å². The summed E-state index contributed by atoms with van der Waals surface area (Å²) in [6.45, 7) is 8.10. The van der Waals surface area contributed by atoms with Gasteiger partial charge in [-0.2, -0.15) is 0 Å². The van der Waals surface area contributed by atoms with E-state index >= 15 is 0 Å². The molecule has 0 atom stereocenters. The number of nitrogens with zero attached hydrogens (tertiary/aromatic N) is 3. The van der Waals surface area contributed by atoms with Crippen LogP contribution < -0.4 is 10.2 Å². The molecule has 0 unspecified atom stereocenters. The summed E-state index contributed by atoms with van der Waals surface area (Å²) in [5.41, 5.74) is 4.41. The van der Waals surface area contributed by atoms with Gasteiger partial charge in [0.2, 0.25) is 5.91 Å². The number of piperazine rings is 1. The molecule has 4 rings (SSSR count). The van der Waals surface area contributed by atoms with Crippen molar-refractivity contribution >= 4 is 22.6 Å². The minimum Gasteiger partial charge on any atom is -0.367 e. The number of carbonyl (C=O) groups excluding carboxylic acids is 1. The summed E-state index contributed by atoms with van der Waals surface area (Å²) in [7, 11) is 0. The van der Waals surface area contributed by atoms with Gasteiger partial charge in [0.1, 0.15) is 5.65 Å². The molecular formula is C23H29N5O. The summed E-state index contributed by atoms with van der Waals surface area (Å²) in [5.74, 6) is 0.239. The molecule has 6 heteroatoms. The van der Waals surface area contributed by atoms with Crippen LogP contribution >= 0.6 is 0 Å². The second-order valence-corrected chi connectivity index (χ2v) is 7.85. The predicted molar refractivity (Wildman–Crippen MR) is 118 cm³/mol. The van der Waals surface area contributed by atoms with E-state index in [0.717, 1.165) is 54.9 Å². The van der Waals surface area contributed by atoms with Crippen LogP contribution in [0.4, 0.5) is 5.69 Å². The molecule has 1 amide bonds. The number of aromatic amines is 1. The number of aromatic nitrogens is 2. The van der Waals surface area contributed by atoms with Gasteiger partial charge in [0.25, 0.3) is 0 Å². The van der Waals surface area contributed by atoms with Crippen LogP contribution in [0.1, 0.15) is 20.3 Å². The number of benzene rings is 1. The molecule has 29 heavy (non-hydrogen) atoms. The minimum absolute atomic E-state index is 0.239. The lowest BCUT2D eigenvalue weighted by atomic mass is 10.0. The average Bonchev–Trinajstić information content (AvgIpc) is 3.22. The monoisotopic (exact) mass is 391 g/mol. The summed E-state index contributed by atoms with van der Waals surface area (Å²) >= 11 is 0. The molecule has 0 radical (unpaired) electrons. The van der Waals surface area contributed by atoms with Gasteiger partial charge in [0.15, 0.2) is 0 Å². The molecule has 3 aromatic rings. The van der Waals surface area contributed by atoms with Gasteiger partial charge < -0.3 is 20.1 Å². The Labute approximate surface area is 171 Å². The second-order valence-electron chi connectivity index (χ2n) is 7.85. The summed E-state index contributed by atoms with van der Waals surface area (Å²) in [4.78, 5) is 24.8. The molecule has 6 nitrogen and oxygen atoms in total. The van der Waals surface area contributed by atoms with E-state index in [0.29, 0.717) is 12.5 Å². The molecule has 1 saturated heterocycles. The maximum Gasteiger partial charge on any atom is 0.223 e. The van der Waals surface area contributed by atoms with Crippen LogP contribution in [0.5, 0.6) is 0 Å². The predicted octanol–water partition coefficient (Wildman–Crippen LogP) is 3.27. The number of fused-ring (bicyclic) bond motifs is 1. The third-order valence-electron chi connectivity index (χ3n) is 5.48. The summed E-state index contributed by atoms with van der Waals surface area (Å²) in [6.07, 6.45) is 4.46. The Bertz CT molecular complexity index is 958. The Morgan fingerprint density at radius 1 is 1.14 bits per heavy atom. The number of hydrogen-bond acceptors (Lipinski definition) is 4. The quantitative estimate of drug-likeness (QED) is 0.677. The first kappa shape index (κ1) is 19.5. The molecule has 3 heterocycles. The number of pyridine rings is 1. The van der Waals surface area contributed by atoms with Gasteiger partial charge in [0, 0.05) is 68.5 Å². The molecule has 2 aromatic heterocycles. The smallest absolute Gasteiger partial charge is 0.223 e. The van der Waals surface area contributed by atoms with Crippen molar-refractivity contribution in [3.63, 3.8) is 0 Å². The fourth-order valence-corrected chi connectivity index (χ4v) is 3.97. The highest BCUT2D eigenvalue weighted by Gasteiger charge is 2.24. The molecule has 0 saturated carbocycles. The van der Waals surface area contributed by atoms with Crippen LogP contribution in [-0.2, 0) is 4.79 Å². The molecule has 152 valence electrons. The number of carbonyl (C=O) groups is 1. The van der Waals surface area contributed by atoms with Gasteiger partial charge >= 0.3 is 0 Å². The zero-order chi connectivity index (χ0) is 20.2. The first-order chi connectivity index (χ1) is 14.1. The zero-order valence-corrected chi connectivity index (χ0v) is 17.2. The molecule has 0 spiro atoms. The first-order valence-corrected chi connectivity index (χ1v) is 10.4. The Hall–Kier alpha value is -2.86. The number of nitrogens with one attached hydrogen (secondary N) is 2. The van der Waals surface area contributed by atoms with Crippen LogP contribution in [0.15, 0.2) is 48.8 Å². The van der Waals surface area contributed by atoms with E-state index in [2.05, 4.69) is 64.4 Å². The maximum atomic E-state index is 12.5. The lowest BCUT2D eigenvalue weighted by Crippen LogP contribution is -2.49. The molecule has 2 N–H and O–H groups in total. The number of amides is 1. The molecule has 0 aliphatic carbocycles. The molecular weight excluding hydrogens is 362 g/mol. The SMILES string of the molecule is CC(C)NCCC(=O)N1CCN(c2c(-c3ccccc3)cnc3[nH]ccc23)CC1. The van der Waals surface area contributed by atoms with E-state index in [1.54, 1.807) is 0 Å². The zero-order valence-electron chi connectivity index (χ0n) is 17.2. The van der Waals surface area contributed by atoms with Crippen molar-refractivity contribution in [3.05, 3.63) is 48.8 Å². The van der Waals surface area contributed by atoms with Gasteiger partial charge in [-0.1, -0.05) is 44.2 Å². The average molecular weight is 392 g/mol. The maximum absolute atomic E-state index is 12.5. The Balaban J connectivity index is 1.52. The number of hydrogen-bond donors (Lipinski definition) is 2. The van der Waals surface area contributed by atoms with Crippen molar-refractivity contribution in [3.8, 4) is 11.1 Å². The van der Waals surface area contributed by atoms with Crippen LogP contribution in [0.3, 0.4) is 0 Å². The van der Waals surface area contributed by atoms with E-state index in [4.69, 9.17) is 0 Å². The second kappa shape index (κ2) is 8.66. The highest BCUT2D eigenvalue weighted by Crippen LogP contribution is 2.36. The normalized spacial score (nSPS) is 14.7. The molecule has 0 bridgehead atoms. The first-order valence-electron chi connectivity index (χ1n) is 10.4. The third kappa shape index (κ3) is 4.27. The standard InChI is InChI=1S/C23H29N5O/c1-17(2)24-11-9-21(29)27-12-14-28(15-13-27)22-19-8-10-25-23(19)26-16-20(22)18-6-4-3-5-7-18/h3-8,10,16-17,24H,9,11-15H2,1-2H3,(H,25,26). The molecule has 1 aliphatic heterocycles. The van der Waals surface area contributed by atoms with E-state index in [1.807, 2.05) is 23.4 Å². The fourth-order valence-electron chi connectivity index (χ4n) is 3.97. The van der Waals surface area contributed by atoms with Crippen molar-refractivity contribution in [2.45, 2.75) is 26.3 Å². The molecule has 1 fully saturated rings. The Morgan fingerprint density at radius 2 is 1.90 bits per heavy atom.